The van der Waals surface area contributed by atoms with E-state index in [2.05, 4.69) is 0 Å². The molecule has 0 bridgehead atoms. The summed E-state index contributed by atoms with van der Waals surface area (Å²) in [6.45, 7) is 6.52. The molecule has 0 atom stereocenters. The van der Waals surface area contributed by atoms with Gasteiger partial charge in [-0.3, -0.25) is 0 Å². The highest BCUT2D eigenvalue weighted by Gasteiger charge is 2.09. The molecule has 0 heterocycles. The lowest BCUT2D eigenvalue weighted by atomic mass is 10.2. The molecule has 0 N–H and O–H groups in total. The summed E-state index contributed by atoms with van der Waals surface area (Å²) in [6.07, 6.45) is 0. The van der Waals surface area contributed by atoms with E-state index in [9.17, 15) is 4.39 Å². The molecule has 0 amide bonds. The zero-order valence-corrected chi connectivity index (χ0v) is 8.30. The van der Waals surface area contributed by atoms with Gasteiger partial charge in [-0.25, -0.2) is 4.39 Å². The highest BCUT2D eigenvalue weighted by molar-refractivity contribution is 5.15. The minimum atomic E-state index is -0.209. The predicted molar refractivity (Wildman–Crippen MR) is 50.9 cm³/mol. The van der Waals surface area contributed by atoms with E-state index in [-0.39, 0.29) is 11.4 Å². The third-order valence-electron chi connectivity index (χ3n) is 1.59. The molecule has 0 aromatic heterocycles. The van der Waals surface area contributed by atoms with Crippen LogP contribution < -0.4 is 0 Å². The van der Waals surface area contributed by atoms with Crippen molar-refractivity contribution in [3.05, 3.63) is 35.6 Å². The van der Waals surface area contributed by atoms with Crippen molar-refractivity contribution >= 4 is 0 Å². The number of halogens is 1. The molecular formula is C11H15FO. The summed E-state index contributed by atoms with van der Waals surface area (Å²) in [7, 11) is 0. The number of benzene rings is 1. The second-order valence-corrected chi connectivity index (χ2v) is 4.03. The first kappa shape index (κ1) is 10.2. The van der Waals surface area contributed by atoms with Crippen molar-refractivity contribution in [3.8, 4) is 0 Å². The van der Waals surface area contributed by atoms with Crippen LogP contribution in [0.15, 0.2) is 24.3 Å². The van der Waals surface area contributed by atoms with Crippen LogP contribution in [0.2, 0.25) is 0 Å². The maximum atomic E-state index is 12.5. The first-order valence-electron chi connectivity index (χ1n) is 4.36. The maximum absolute atomic E-state index is 12.5. The van der Waals surface area contributed by atoms with Crippen LogP contribution in [0.25, 0.3) is 0 Å². The van der Waals surface area contributed by atoms with E-state index in [4.69, 9.17) is 4.74 Å². The minimum Gasteiger partial charge on any atom is -0.371 e. The van der Waals surface area contributed by atoms with Crippen molar-refractivity contribution in [1.29, 1.82) is 0 Å². The van der Waals surface area contributed by atoms with Gasteiger partial charge in [-0.15, -0.1) is 0 Å². The second kappa shape index (κ2) is 3.88. The van der Waals surface area contributed by atoms with Gasteiger partial charge in [0.15, 0.2) is 0 Å². The Labute approximate surface area is 78.5 Å². The summed E-state index contributed by atoms with van der Waals surface area (Å²) in [6, 6.07) is 6.37. The first-order chi connectivity index (χ1) is 5.97. The van der Waals surface area contributed by atoms with Crippen molar-refractivity contribution in [2.75, 3.05) is 0 Å². The van der Waals surface area contributed by atoms with E-state index in [0.717, 1.165) is 5.56 Å². The Hall–Kier alpha value is -0.890. The quantitative estimate of drug-likeness (QED) is 0.682. The Morgan fingerprint density at radius 1 is 1.15 bits per heavy atom. The molecule has 0 unspecified atom stereocenters. The largest absolute Gasteiger partial charge is 0.371 e. The average Bonchev–Trinajstić information content (AvgIpc) is 2.02. The van der Waals surface area contributed by atoms with Crippen molar-refractivity contribution in [1.82, 2.24) is 0 Å². The molecular weight excluding hydrogens is 167 g/mol. The molecule has 0 saturated heterocycles. The van der Waals surface area contributed by atoms with Crippen molar-refractivity contribution in [3.63, 3.8) is 0 Å². The zero-order chi connectivity index (χ0) is 9.90. The van der Waals surface area contributed by atoms with Crippen LogP contribution in [-0.2, 0) is 11.3 Å². The van der Waals surface area contributed by atoms with Gasteiger partial charge in [0.25, 0.3) is 0 Å². The van der Waals surface area contributed by atoms with Gasteiger partial charge in [0.1, 0.15) is 5.82 Å². The Morgan fingerprint density at radius 2 is 1.69 bits per heavy atom. The molecule has 0 aliphatic heterocycles. The number of hydrogen-bond acceptors (Lipinski definition) is 1. The van der Waals surface area contributed by atoms with Crippen LogP contribution in [0, 0.1) is 5.82 Å². The summed E-state index contributed by atoms with van der Waals surface area (Å²) in [5, 5.41) is 0. The zero-order valence-electron chi connectivity index (χ0n) is 8.30. The molecule has 0 aliphatic rings. The fourth-order valence-electron chi connectivity index (χ4n) is 0.880. The topological polar surface area (TPSA) is 9.23 Å². The van der Waals surface area contributed by atoms with E-state index in [1.165, 1.54) is 12.1 Å². The first-order valence-corrected chi connectivity index (χ1v) is 4.36. The van der Waals surface area contributed by atoms with Crippen LogP contribution in [0.1, 0.15) is 26.3 Å². The van der Waals surface area contributed by atoms with Gasteiger partial charge in [0.2, 0.25) is 0 Å². The molecule has 1 rings (SSSR count). The summed E-state index contributed by atoms with van der Waals surface area (Å²) in [5.74, 6) is -0.209. The van der Waals surface area contributed by atoms with Gasteiger partial charge in [0.05, 0.1) is 12.2 Å². The van der Waals surface area contributed by atoms with Gasteiger partial charge in [0, 0.05) is 0 Å². The number of rotatable bonds is 2. The monoisotopic (exact) mass is 182 g/mol. The molecule has 0 radical (unpaired) electrons. The maximum Gasteiger partial charge on any atom is 0.123 e. The van der Waals surface area contributed by atoms with E-state index in [1.54, 1.807) is 12.1 Å². The molecule has 1 aromatic carbocycles. The lowest BCUT2D eigenvalue weighted by Gasteiger charge is -2.19. The predicted octanol–water partition coefficient (Wildman–Crippen LogP) is 3.14. The Bertz CT molecular complexity index is 258. The second-order valence-electron chi connectivity index (χ2n) is 4.03. The highest BCUT2D eigenvalue weighted by atomic mass is 19.1. The molecule has 0 fully saturated rings. The van der Waals surface area contributed by atoms with E-state index in [1.807, 2.05) is 20.8 Å². The van der Waals surface area contributed by atoms with Gasteiger partial charge < -0.3 is 4.74 Å². The summed E-state index contributed by atoms with van der Waals surface area (Å²) in [4.78, 5) is 0. The third kappa shape index (κ3) is 4.04. The van der Waals surface area contributed by atoms with Crippen LogP contribution in [0.3, 0.4) is 0 Å². The average molecular weight is 182 g/mol. The Balaban J connectivity index is 2.51. The van der Waals surface area contributed by atoms with Crippen molar-refractivity contribution in [2.24, 2.45) is 0 Å². The highest BCUT2D eigenvalue weighted by Crippen LogP contribution is 2.11. The van der Waals surface area contributed by atoms with Crippen LogP contribution in [0.4, 0.5) is 4.39 Å². The molecule has 0 aliphatic carbocycles. The fraction of sp³-hybridized carbons (Fsp3) is 0.455. The van der Waals surface area contributed by atoms with Gasteiger partial charge in [-0.2, -0.15) is 0 Å². The van der Waals surface area contributed by atoms with Crippen LogP contribution >= 0.6 is 0 Å². The third-order valence-corrected chi connectivity index (χ3v) is 1.59. The van der Waals surface area contributed by atoms with E-state index in [0.29, 0.717) is 6.61 Å². The molecule has 1 aromatic rings. The summed E-state index contributed by atoms with van der Waals surface area (Å²) >= 11 is 0. The van der Waals surface area contributed by atoms with E-state index >= 15 is 0 Å². The standard InChI is InChI=1S/C11H15FO/c1-11(2,3)13-8-9-4-6-10(12)7-5-9/h4-7H,8H2,1-3H3. The SMILES string of the molecule is CC(C)(C)OCc1ccc(F)cc1. The molecule has 0 spiro atoms. The van der Waals surface area contributed by atoms with E-state index < -0.39 is 0 Å². The fourth-order valence-corrected chi connectivity index (χ4v) is 0.880. The summed E-state index contributed by atoms with van der Waals surface area (Å²) in [5.41, 5.74) is 0.852. The lowest BCUT2D eigenvalue weighted by Crippen LogP contribution is -2.18. The summed E-state index contributed by atoms with van der Waals surface area (Å²) < 4.78 is 18.1. The van der Waals surface area contributed by atoms with Gasteiger partial charge in [-0.1, -0.05) is 12.1 Å². The van der Waals surface area contributed by atoms with Gasteiger partial charge >= 0.3 is 0 Å². The molecule has 1 nitrogen and oxygen atoms in total. The minimum absolute atomic E-state index is 0.144. The Morgan fingerprint density at radius 3 is 2.15 bits per heavy atom. The lowest BCUT2D eigenvalue weighted by molar-refractivity contribution is -0.0149. The number of hydrogen-bond donors (Lipinski definition) is 0. The van der Waals surface area contributed by atoms with Crippen molar-refractivity contribution in [2.45, 2.75) is 33.0 Å². The van der Waals surface area contributed by atoms with Crippen LogP contribution in [-0.4, -0.2) is 5.60 Å². The molecule has 0 saturated carbocycles. The smallest absolute Gasteiger partial charge is 0.123 e. The molecule has 13 heavy (non-hydrogen) atoms. The molecule has 2 heteroatoms. The Kier molecular flexibility index (Phi) is 3.04. The normalized spacial score (nSPS) is 11.7. The van der Waals surface area contributed by atoms with Crippen molar-refractivity contribution < 1.29 is 9.13 Å². The van der Waals surface area contributed by atoms with Crippen LogP contribution in [0.5, 0.6) is 0 Å². The number of ether oxygens (including phenoxy) is 1. The van der Waals surface area contributed by atoms with Gasteiger partial charge in [-0.05, 0) is 38.5 Å². The molecule has 72 valence electrons.